The molecular formula is C10H7Cl2F3O3S. The van der Waals surface area contributed by atoms with Gasteiger partial charge in [0.05, 0.1) is 11.6 Å². The zero-order chi connectivity index (χ0) is 14.6. The normalized spacial score (nSPS) is 11.4. The first-order chi connectivity index (χ1) is 8.70. The van der Waals surface area contributed by atoms with E-state index in [0.29, 0.717) is 0 Å². The second-order valence-corrected chi connectivity index (χ2v) is 5.22. The van der Waals surface area contributed by atoms with E-state index < -0.39 is 11.5 Å². The molecule has 19 heavy (non-hydrogen) atoms. The first kappa shape index (κ1) is 16.3. The van der Waals surface area contributed by atoms with Crippen LogP contribution in [-0.2, 0) is 0 Å². The summed E-state index contributed by atoms with van der Waals surface area (Å²) in [5.41, 5.74) is -4.66. The Bertz CT molecular complexity index is 480. The zero-order valence-corrected chi connectivity index (χ0v) is 11.5. The van der Waals surface area contributed by atoms with E-state index in [1.165, 1.54) is 6.07 Å². The fourth-order valence-corrected chi connectivity index (χ4v) is 2.11. The summed E-state index contributed by atoms with van der Waals surface area (Å²) in [6, 6.07) is 2.36. The molecule has 0 unspecified atom stereocenters. The van der Waals surface area contributed by atoms with Crippen molar-refractivity contribution in [2.45, 2.75) is 5.51 Å². The molecule has 1 rings (SSSR count). The quantitative estimate of drug-likeness (QED) is 0.814. The zero-order valence-electron chi connectivity index (χ0n) is 9.13. The van der Waals surface area contributed by atoms with Gasteiger partial charge in [0.25, 0.3) is 0 Å². The van der Waals surface area contributed by atoms with Crippen LogP contribution in [0.4, 0.5) is 13.2 Å². The van der Waals surface area contributed by atoms with Gasteiger partial charge in [0.2, 0.25) is 0 Å². The van der Waals surface area contributed by atoms with Crippen molar-refractivity contribution in [2.24, 2.45) is 0 Å². The van der Waals surface area contributed by atoms with Gasteiger partial charge in [-0.05, 0) is 23.9 Å². The molecule has 1 N–H and O–H groups in total. The fourth-order valence-electron chi connectivity index (χ4n) is 1.17. The molecule has 0 saturated heterocycles. The van der Waals surface area contributed by atoms with Crippen LogP contribution < -0.4 is 4.74 Å². The standard InChI is InChI=1S/C10H7Cl2F3O3S/c11-5-3-6(9(16)17)8(7(12)4-5)18-1-2-19-10(13,14)15/h3-4H,1-2H2,(H,16,17). The van der Waals surface area contributed by atoms with Crippen LogP contribution in [0.5, 0.6) is 5.75 Å². The number of carbonyl (C=O) groups is 1. The molecule has 0 aromatic heterocycles. The number of alkyl halides is 3. The van der Waals surface area contributed by atoms with Gasteiger partial charge in [-0.1, -0.05) is 23.2 Å². The molecule has 9 heteroatoms. The van der Waals surface area contributed by atoms with Crippen LogP contribution in [-0.4, -0.2) is 28.9 Å². The second-order valence-electron chi connectivity index (χ2n) is 3.21. The summed E-state index contributed by atoms with van der Waals surface area (Å²) < 4.78 is 40.7. The van der Waals surface area contributed by atoms with Gasteiger partial charge in [-0.15, -0.1) is 0 Å². The van der Waals surface area contributed by atoms with Gasteiger partial charge in [0.1, 0.15) is 5.56 Å². The van der Waals surface area contributed by atoms with Crippen molar-refractivity contribution in [3.8, 4) is 5.75 Å². The van der Waals surface area contributed by atoms with Crippen molar-refractivity contribution < 1.29 is 27.8 Å². The molecular weight excluding hydrogens is 328 g/mol. The summed E-state index contributed by atoms with van der Waals surface area (Å²) in [4.78, 5) is 10.9. The van der Waals surface area contributed by atoms with Crippen molar-refractivity contribution >= 4 is 40.9 Å². The van der Waals surface area contributed by atoms with Gasteiger partial charge in [0, 0.05) is 10.8 Å². The minimum atomic E-state index is -4.36. The van der Waals surface area contributed by atoms with Crippen LogP contribution in [0, 0.1) is 0 Å². The average Bonchev–Trinajstić information content (AvgIpc) is 2.24. The summed E-state index contributed by atoms with van der Waals surface area (Å²) in [5, 5.41) is 8.95. The number of thioether (sulfide) groups is 1. The van der Waals surface area contributed by atoms with Crippen molar-refractivity contribution in [1.82, 2.24) is 0 Å². The number of ether oxygens (including phenoxy) is 1. The Morgan fingerprint density at radius 3 is 2.53 bits per heavy atom. The summed E-state index contributed by atoms with van der Waals surface area (Å²) in [7, 11) is 0. The molecule has 1 aromatic rings. The molecule has 0 aliphatic rings. The van der Waals surface area contributed by atoms with E-state index in [1.807, 2.05) is 0 Å². The topological polar surface area (TPSA) is 46.5 Å². The molecule has 0 aliphatic heterocycles. The predicted octanol–water partition coefficient (Wildman–Crippen LogP) is 4.32. The number of benzene rings is 1. The maximum absolute atomic E-state index is 11.9. The average molecular weight is 335 g/mol. The fraction of sp³-hybridized carbons (Fsp3) is 0.300. The Morgan fingerprint density at radius 2 is 2.00 bits per heavy atom. The van der Waals surface area contributed by atoms with Crippen molar-refractivity contribution in [2.75, 3.05) is 12.4 Å². The van der Waals surface area contributed by atoms with Crippen LogP contribution in [0.2, 0.25) is 10.0 Å². The van der Waals surface area contributed by atoms with Gasteiger partial charge in [-0.3, -0.25) is 0 Å². The van der Waals surface area contributed by atoms with E-state index >= 15 is 0 Å². The summed E-state index contributed by atoms with van der Waals surface area (Å²) in [6.07, 6.45) is 0. The van der Waals surface area contributed by atoms with E-state index in [9.17, 15) is 18.0 Å². The van der Waals surface area contributed by atoms with Gasteiger partial charge >= 0.3 is 11.5 Å². The summed E-state index contributed by atoms with van der Waals surface area (Å²) in [5.74, 6) is -1.90. The Hall–Kier alpha value is -0.790. The number of carboxylic acids is 1. The highest BCUT2D eigenvalue weighted by Crippen LogP contribution is 2.33. The van der Waals surface area contributed by atoms with Gasteiger partial charge < -0.3 is 9.84 Å². The Balaban J connectivity index is 2.75. The molecule has 0 atom stereocenters. The van der Waals surface area contributed by atoms with Crippen LogP contribution in [0.1, 0.15) is 10.4 Å². The predicted molar refractivity (Wildman–Crippen MR) is 67.4 cm³/mol. The van der Waals surface area contributed by atoms with Crippen molar-refractivity contribution in [1.29, 1.82) is 0 Å². The minimum absolute atomic E-state index is 0.0677. The summed E-state index contributed by atoms with van der Waals surface area (Å²) in [6.45, 7) is -0.328. The molecule has 0 aliphatic carbocycles. The number of aromatic carboxylic acids is 1. The molecule has 106 valence electrons. The molecule has 0 heterocycles. The maximum atomic E-state index is 11.9. The molecule has 0 fully saturated rings. The highest BCUT2D eigenvalue weighted by molar-refractivity contribution is 8.00. The SMILES string of the molecule is O=C(O)c1cc(Cl)cc(Cl)c1OCCSC(F)(F)F. The maximum Gasteiger partial charge on any atom is 0.441 e. The van der Waals surface area contributed by atoms with Crippen molar-refractivity contribution in [3.63, 3.8) is 0 Å². The van der Waals surface area contributed by atoms with Gasteiger partial charge in [-0.2, -0.15) is 13.2 Å². The number of hydrogen-bond donors (Lipinski definition) is 1. The molecule has 3 nitrogen and oxygen atoms in total. The van der Waals surface area contributed by atoms with Crippen LogP contribution >= 0.6 is 35.0 Å². The second kappa shape index (κ2) is 6.58. The van der Waals surface area contributed by atoms with E-state index in [1.54, 1.807) is 0 Å². The Morgan fingerprint density at radius 1 is 1.37 bits per heavy atom. The summed E-state index contributed by atoms with van der Waals surface area (Å²) >= 11 is 11.1. The number of rotatable bonds is 5. The Labute approximate surface area is 120 Å². The lowest BCUT2D eigenvalue weighted by atomic mass is 10.2. The third-order valence-electron chi connectivity index (χ3n) is 1.83. The number of carboxylic acid groups (broad SMARTS) is 1. The van der Waals surface area contributed by atoms with Gasteiger partial charge in [-0.25, -0.2) is 4.79 Å². The first-order valence-electron chi connectivity index (χ1n) is 4.76. The lowest BCUT2D eigenvalue weighted by Crippen LogP contribution is -2.10. The molecule has 0 radical (unpaired) electrons. The van der Waals surface area contributed by atoms with E-state index in [-0.39, 0.29) is 45.5 Å². The first-order valence-corrected chi connectivity index (χ1v) is 6.50. The highest BCUT2D eigenvalue weighted by Gasteiger charge is 2.27. The molecule has 1 aromatic carbocycles. The molecule has 0 saturated carbocycles. The Kier molecular flexibility index (Phi) is 5.64. The van der Waals surface area contributed by atoms with Crippen LogP contribution in [0.15, 0.2) is 12.1 Å². The lowest BCUT2D eigenvalue weighted by Gasteiger charge is -2.12. The van der Waals surface area contributed by atoms with E-state index in [0.717, 1.165) is 6.07 Å². The molecule has 0 spiro atoms. The number of halogens is 5. The van der Waals surface area contributed by atoms with Crippen molar-refractivity contribution in [3.05, 3.63) is 27.7 Å². The largest absolute Gasteiger partial charge is 0.490 e. The molecule has 0 amide bonds. The highest BCUT2D eigenvalue weighted by atomic mass is 35.5. The smallest absolute Gasteiger partial charge is 0.441 e. The molecule has 0 bridgehead atoms. The van der Waals surface area contributed by atoms with Crippen LogP contribution in [0.3, 0.4) is 0 Å². The van der Waals surface area contributed by atoms with E-state index in [2.05, 4.69) is 0 Å². The third kappa shape index (κ3) is 5.38. The monoisotopic (exact) mass is 334 g/mol. The van der Waals surface area contributed by atoms with Gasteiger partial charge in [0.15, 0.2) is 5.75 Å². The lowest BCUT2D eigenvalue weighted by molar-refractivity contribution is -0.0329. The minimum Gasteiger partial charge on any atom is -0.490 e. The third-order valence-corrected chi connectivity index (χ3v) is 3.03. The number of hydrogen-bond acceptors (Lipinski definition) is 3. The van der Waals surface area contributed by atoms with E-state index in [4.69, 9.17) is 33.0 Å². The van der Waals surface area contributed by atoms with Crippen LogP contribution in [0.25, 0.3) is 0 Å².